The number of para-hydroxylation sites is 1. The van der Waals surface area contributed by atoms with Crippen LogP contribution in [0.2, 0.25) is 35.2 Å². The fraction of sp³-hybridized carbons (Fsp3) is 0.122. The highest BCUT2D eigenvalue weighted by molar-refractivity contribution is 7.89. The summed E-state index contributed by atoms with van der Waals surface area (Å²) in [5, 5.41) is 46.0. The Bertz CT molecular complexity index is 2480. The molecular formula is C41H38Cl8N4O5S. The fourth-order valence-electron chi connectivity index (χ4n) is 5.15. The van der Waals surface area contributed by atoms with Gasteiger partial charge in [0.2, 0.25) is 10.0 Å². The smallest absolute Gasteiger partial charge is 0.239 e. The molecule has 0 unspecified atom stereocenters. The minimum absolute atomic E-state index is 0. The molecule has 0 saturated carbocycles. The minimum atomic E-state index is -3.95. The first kappa shape index (κ1) is 49.7. The molecule has 6 aromatic rings. The van der Waals surface area contributed by atoms with Gasteiger partial charge in [0.25, 0.3) is 0 Å². The van der Waals surface area contributed by atoms with Gasteiger partial charge < -0.3 is 31.3 Å². The predicted octanol–water partition coefficient (Wildman–Crippen LogP) is 13.3. The molecule has 9 nitrogen and oxygen atoms in total. The zero-order valence-electron chi connectivity index (χ0n) is 31.1. The van der Waals surface area contributed by atoms with Crippen molar-refractivity contribution in [2.75, 3.05) is 16.0 Å². The molecule has 314 valence electrons. The lowest BCUT2D eigenvalue weighted by molar-refractivity contribution is 0.469. The molecule has 0 aromatic heterocycles. The third-order valence-electron chi connectivity index (χ3n) is 8.07. The Labute approximate surface area is 384 Å². The first-order chi connectivity index (χ1) is 27.3. The molecule has 0 heterocycles. The van der Waals surface area contributed by atoms with E-state index in [1.165, 1.54) is 29.8 Å². The van der Waals surface area contributed by atoms with E-state index < -0.39 is 10.0 Å². The van der Waals surface area contributed by atoms with E-state index in [1.807, 2.05) is 61.5 Å². The normalized spacial score (nSPS) is 10.6. The van der Waals surface area contributed by atoms with E-state index in [0.717, 1.165) is 11.4 Å². The molecule has 0 amide bonds. The van der Waals surface area contributed by atoms with Gasteiger partial charge >= 0.3 is 0 Å². The van der Waals surface area contributed by atoms with Crippen LogP contribution in [0.4, 0.5) is 17.1 Å². The Morgan fingerprint density at radius 3 is 1.32 bits per heavy atom. The molecule has 8 N–H and O–H groups in total. The van der Waals surface area contributed by atoms with Crippen molar-refractivity contribution < 1.29 is 23.7 Å². The average molecular weight is 982 g/mol. The van der Waals surface area contributed by atoms with Crippen molar-refractivity contribution in [3.63, 3.8) is 0 Å². The van der Waals surface area contributed by atoms with Gasteiger partial charge in [-0.2, -0.15) is 0 Å². The number of nitrogens with one attached hydrogen (secondary N) is 3. The van der Waals surface area contributed by atoms with E-state index in [-0.39, 0.29) is 61.2 Å². The van der Waals surface area contributed by atoms with Crippen molar-refractivity contribution in [1.29, 1.82) is 0 Å². The van der Waals surface area contributed by atoms with Crippen LogP contribution in [0.25, 0.3) is 0 Å². The number of benzene rings is 6. The molecule has 0 aliphatic carbocycles. The topological polar surface area (TPSA) is 157 Å². The summed E-state index contributed by atoms with van der Waals surface area (Å²) in [7, 11) is -3.95. The summed E-state index contributed by atoms with van der Waals surface area (Å²) in [5.74, 6) is 0.0270. The molecule has 0 bridgehead atoms. The van der Waals surface area contributed by atoms with Crippen LogP contribution in [-0.4, -0.2) is 23.7 Å². The van der Waals surface area contributed by atoms with Crippen LogP contribution in [0.5, 0.6) is 17.2 Å². The Hall–Kier alpha value is -3.65. The first-order valence-electron chi connectivity index (χ1n) is 17.0. The number of halogens is 8. The molecular weight excluding hydrogens is 944 g/mol. The van der Waals surface area contributed by atoms with Gasteiger partial charge in [-0.25, -0.2) is 13.6 Å². The highest BCUT2D eigenvalue weighted by Gasteiger charge is 2.18. The zero-order chi connectivity index (χ0) is 42.7. The number of sulfonamides is 1. The van der Waals surface area contributed by atoms with Crippen molar-refractivity contribution >= 4 is 121 Å². The molecule has 18 heteroatoms. The Morgan fingerprint density at radius 1 is 0.525 bits per heavy atom. The molecule has 0 fully saturated rings. The number of aromatic hydroxyl groups is 3. The second kappa shape index (κ2) is 22.8. The van der Waals surface area contributed by atoms with Crippen molar-refractivity contribution in [1.82, 2.24) is 0 Å². The molecule has 0 aliphatic heterocycles. The summed E-state index contributed by atoms with van der Waals surface area (Å²) >= 11 is 41.3. The van der Waals surface area contributed by atoms with Gasteiger partial charge in [0, 0.05) is 62.8 Å². The molecule has 0 radical (unpaired) electrons. The number of aryl methyl sites for hydroxylation is 2. The molecule has 0 aliphatic rings. The van der Waals surface area contributed by atoms with Crippen molar-refractivity contribution in [3.8, 4) is 17.2 Å². The second-order valence-corrected chi connectivity index (χ2v) is 17.1. The van der Waals surface area contributed by atoms with Gasteiger partial charge in [0.05, 0.1) is 25.8 Å². The number of phenolic OH excluding ortho intramolecular Hbond substituents is 3. The second-order valence-electron chi connectivity index (χ2n) is 12.6. The third-order valence-corrected chi connectivity index (χ3v) is 11.0. The van der Waals surface area contributed by atoms with Crippen LogP contribution in [0.15, 0.2) is 108 Å². The SMILES string of the molecule is Cc1cc(NCc2cc(Cl)cc(Cl)c2O)c(Cl)c(S(N)(=O)=O)c1.Cc1ccc(NCc2cc(Cl)cc(Cl)c2O)cc1.Cl.Oc1c(Cl)cc(Cl)cc1CNc1ccccc1. The lowest BCUT2D eigenvalue weighted by Gasteiger charge is -2.14. The highest BCUT2D eigenvalue weighted by Crippen LogP contribution is 2.35. The summed E-state index contributed by atoms with van der Waals surface area (Å²) in [4.78, 5) is -0.171. The third kappa shape index (κ3) is 15.1. The van der Waals surface area contributed by atoms with E-state index >= 15 is 0 Å². The molecule has 6 aromatic carbocycles. The molecule has 0 saturated heterocycles. The largest absolute Gasteiger partial charge is 0.506 e. The number of primary sulfonamides is 1. The van der Waals surface area contributed by atoms with Gasteiger partial charge in [-0.1, -0.05) is 117 Å². The predicted molar refractivity (Wildman–Crippen MR) is 249 cm³/mol. The number of hydrogen-bond donors (Lipinski definition) is 7. The maximum Gasteiger partial charge on any atom is 0.239 e. The summed E-state index contributed by atoms with van der Waals surface area (Å²) < 4.78 is 23.1. The van der Waals surface area contributed by atoms with E-state index in [4.69, 9.17) is 86.3 Å². The van der Waals surface area contributed by atoms with Gasteiger partial charge in [-0.05, 0) is 92.2 Å². The van der Waals surface area contributed by atoms with Crippen molar-refractivity contribution in [3.05, 3.63) is 166 Å². The van der Waals surface area contributed by atoms with Crippen molar-refractivity contribution in [2.45, 2.75) is 38.4 Å². The van der Waals surface area contributed by atoms with Crippen LogP contribution in [0, 0.1) is 13.8 Å². The maximum atomic E-state index is 11.6. The van der Waals surface area contributed by atoms with Crippen molar-refractivity contribution in [2.24, 2.45) is 5.14 Å². The Morgan fingerprint density at radius 2 is 0.915 bits per heavy atom. The lowest BCUT2D eigenvalue weighted by Crippen LogP contribution is -2.14. The van der Waals surface area contributed by atoms with Gasteiger partial charge in [-0.15, -0.1) is 12.4 Å². The van der Waals surface area contributed by atoms with Crippen LogP contribution in [-0.2, 0) is 29.7 Å². The number of phenols is 3. The van der Waals surface area contributed by atoms with E-state index in [1.54, 1.807) is 31.2 Å². The monoisotopic (exact) mass is 978 g/mol. The number of rotatable bonds is 10. The van der Waals surface area contributed by atoms with Gasteiger partial charge in [-0.3, -0.25) is 0 Å². The fourth-order valence-corrected chi connectivity index (χ4v) is 7.96. The quantitative estimate of drug-likeness (QED) is 0.0715. The summed E-state index contributed by atoms with van der Waals surface area (Å²) in [6.45, 7) is 4.82. The number of nitrogens with two attached hydrogens (primary N) is 1. The minimum Gasteiger partial charge on any atom is -0.506 e. The molecule has 6 rings (SSSR count). The molecule has 0 atom stereocenters. The van der Waals surface area contributed by atoms with Gasteiger partial charge in [0.1, 0.15) is 22.1 Å². The standard InChI is InChI=1S/C14H13Cl3N2O3S.C14H13Cl2NO.C13H11Cl2NO.ClH/c1-7-2-11(13(17)12(3-7)23(18,21)22)19-6-8-4-9(15)5-10(16)14(8)20;1-9-2-4-12(5-3-9)17-8-10-6-11(15)7-13(16)14(10)18;14-10-6-9(13(17)12(15)7-10)8-16-11-4-2-1-3-5-11;/h2-5,19-20H,6H2,1H3,(H2,18,21,22);2-7,17-18H,8H2,1H3;1-7,16-17H,8H2;1H. The first-order valence-corrected chi connectivity index (χ1v) is 21.2. The summed E-state index contributed by atoms with van der Waals surface area (Å²) in [5.41, 5.74) is 5.98. The van der Waals surface area contributed by atoms with Crippen LogP contribution in [0.1, 0.15) is 27.8 Å². The van der Waals surface area contributed by atoms with Crippen LogP contribution < -0.4 is 21.1 Å². The Kier molecular flexibility index (Phi) is 19.2. The number of anilines is 3. The van der Waals surface area contributed by atoms with Crippen LogP contribution >= 0.6 is 93.6 Å². The highest BCUT2D eigenvalue weighted by atomic mass is 35.5. The molecule has 59 heavy (non-hydrogen) atoms. The zero-order valence-corrected chi connectivity index (χ0v) is 38.1. The average Bonchev–Trinajstić information content (AvgIpc) is 3.16. The van der Waals surface area contributed by atoms with Gasteiger partial charge in [0.15, 0.2) is 0 Å². The van der Waals surface area contributed by atoms with E-state index in [0.29, 0.717) is 56.1 Å². The number of hydrogen-bond acceptors (Lipinski definition) is 8. The maximum absolute atomic E-state index is 11.6. The van der Waals surface area contributed by atoms with Crippen LogP contribution in [0.3, 0.4) is 0 Å². The summed E-state index contributed by atoms with van der Waals surface area (Å²) in [6.07, 6.45) is 0. The van der Waals surface area contributed by atoms with E-state index in [2.05, 4.69) is 16.0 Å². The van der Waals surface area contributed by atoms with E-state index in [9.17, 15) is 23.7 Å². The molecule has 0 spiro atoms. The summed E-state index contributed by atoms with van der Waals surface area (Å²) in [6, 6.07) is 30.2. The lowest BCUT2D eigenvalue weighted by atomic mass is 10.1. The Balaban J connectivity index is 0.000000238.